The van der Waals surface area contributed by atoms with E-state index in [1.165, 1.54) is 0 Å². The third-order valence-corrected chi connectivity index (χ3v) is 4.52. The van der Waals surface area contributed by atoms with E-state index in [9.17, 15) is 4.79 Å². The van der Waals surface area contributed by atoms with Crippen LogP contribution in [-0.4, -0.2) is 45.3 Å². The Morgan fingerprint density at radius 2 is 2.17 bits per heavy atom. The second kappa shape index (κ2) is 6.05. The Kier molecular flexibility index (Phi) is 3.88. The van der Waals surface area contributed by atoms with Crippen molar-refractivity contribution in [1.82, 2.24) is 19.7 Å². The van der Waals surface area contributed by atoms with E-state index in [1.807, 2.05) is 37.1 Å². The Bertz CT molecular complexity index is 732. The lowest BCUT2D eigenvalue weighted by molar-refractivity contribution is -0.0354. The maximum Gasteiger partial charge on any atom is 0.270 e. The van der Waals surface area contributed by atoms with Gasteiger partial charge in [0.25, 0.3) is 5.91 Å². The topological polar surface area (TPSA) is 73.4 Å². The molecule has 7 nitrogen and oxygen atoms in total. The van der Waals surface area contributed by atoms with Gasteiger partial charge in [0, 0.05) is 24.7 Å². The molecule has 0 aromatic carbocycles. The van der Waals surface area contributed by atoms with E-state index in [0.717, 1.165) is 18.5 Å². The summed E-state index contributed by atoms with van der Waals surface area (Å²) in [5.41, 5.74) is 0.756. The van der Waals surface area contributed by atoms with Crippen molar-refractivity contribution >= 4 is 5.91 Å². The van der Waals surface area contributed by atoms with Crippen LogP contribution < -0.4 is 0 Å². The minimum atomic E-state index is -0.355. The summed E-state index contributed by atoms with van der Waals surface area (Å²) in [6.45, 7) is 5.49. The van der Waals surface area contributed by atoms with Crippen molar-refractivity contribution < 1.29 is 13.9 Å². The molecule has 0 spiro atoms. The van der Waals surface area contributed by atoms with Gasteiger partial charge in [-0.05, 0) is 25.0 Å². The number of carbonyl (C=O) groups excluding carboxylic acids is 1. The van der Waals surface area contributed by atoms with Gasteiger partial charge in [0.05, 0.1) is 13.2 Å². The first kappa shape index (κ1) is 15.4. The minimum absolute atomic E-state index is 0.0452. The van der Waals surface area contributed by atoms with E-state index >= 15 is 0 Å². The standard InChI is InChI=1S/C17H22N4O3/c1-11(2)15-18-19-16(24-15)14-10-20(8-9-23-14)17(22)13-4-3-7-21(13)12-5-6-12/h3-4,7,11-12,14H,5-6,8-10H2,1-2H3. The summed E-state index contributed by atoms with van der Waals surface area (Å²) in [4.78, 5) is 14.7. The van der Waals surface area contributed by atoms with Crippen LogP contribution in [0.2, 0.25) is 0 Å². The van der Waals surface area contributed by atoms with Crippen molar-refractivity contribution in [1.29, 1.82) is 0 Å². The van der Waals surface area contributed by atoms with Gasteiger partial charge in [-0.3, -0.25) is 4.79 Å². The molecule has 1 aliphatic carbocycles. The number of amides is 1. The lowest BCUT2D eigenvalue weighted by atomic mass is 10.2. The largest absolute Gasteiger partial charge is 0.422 e. The molecule has 4 rings (SSSR count). The molecule has 2 aliphatic rings. The maximum absolute atomic E-state index is 12.9. The Balaban J connectivity index is 1.49. The lowest BCUT2D eigenvalue weighted by Crippen LogP contribution is -2.43. The normalized spacial score (nSPS) is 21.5. The molecule has 1 atom stereocenters. The minimum Gasteiger partial charge on any atom is -0.422 e. The van der Waals surface area contributed by atoms with Crippen LogP contribution in [0.15, 0.2) is 22.7 Å². The van der Waals surface area contributed by atoms with Crippen LogP contribution in [0.3, 0.4) is 0 Å². The summed E-state index contributed by atoms with van der Waals surface area (Å²) in [6, 6.07) is 4.32. The highest BCUT2D eigenvalue weighted by Gasteiger charge is 2.33. The molecule has 0 radical (unpaired) electrons. The predicted octanol–water partition coefficient (Wildman–Crippen LogP) is 2.54. The number of ether oxygens (including phenoxy) is 1. The van der Waals surface area contributed by atoms with Crippen LogP contribution >= 0.6 is 0 Å². The average molecular weight is 330 g/mol. The van der Waals surface area contributed by atoms with E-state index < -0.39 is 0 Å². The van der Waals surface area contributed by atoms with E-state index in [-0.39, 0.29) is 17.9 Å². The van der Waals surface area contributed by atoms with E-state index in [4.69, 9.17) is 9.15 Å². The molecule has 1 amide bonds. The van der Waals surface area contributed by atoms with E-state index in [1.54, 1.807) is 0 Å². The van der Waals surface area contributed by atoms with Crippen LogP contribution in [0.4, 0.5) is 0 Å². The molecule has 1 unspecified atom stereocenters. The first-order valence-corrected chi connectivity index (χ1v) is 8.54. The van der Waals surface area contributed by atoms with Crippen molar-refractivity contribution in [2.24, 2.45) is 0 Å². The van der Waals surface area contributed by atoms with Gasteiger partial charge in [0.2, 0.25) is 11.8 Å². The number of aromatic nitrogens is 3. The van der Waals surface area contributed by atoms with Gasteiger partial charge in [-0.1, -0.05) is 13.8 Å². The van der Waals surface area contributed by atoms with Crippen LogP contribution in [0.1, 0.15) is 67.0 Å². The molecule has 0 N–H and O–H groups in total. The molecule has 1 saturated carbocycles. The Hall–Kier alpha value is -2.15. The molecule has 2 aromatic heterocycles. The fourth-order valence-electron chi connectivity index (χ4n) is 3.00. The van der Waals surface area contributed by atoms with Crippen molar-refractivity contribution in [3.05, 3.63) is 35.8 Å². The molecule has 1 aliphatic heterocycles. The number of nitrogens with zero attached hydrogens (tertiary/aromatic N) is 4. The third kappa shape index (κ3) is 2.84. The second-order valence-corrected chi connectivity index (χ2v) is 6.78. The molecule has 128 valence electrons. The maximum atomic E-state index is 12.9. The zero-order valence-electron chi connectivity index (χ0n) is 14.0. The third-order valence-electron chi connectivity index (χ3n) is 4.52. The highest BCUT2D eigenvalue weighted by atomic mass is 16.5. The Labute approximate surface area is 140 Å². The van der Waals surface area contributed by atoms with E-state index in [0.29, 0.717) is 37.5 Å². The Morgan fingerprint density at radius 3 is 2.88 bits per heavy atom. The molecule has 0 bridgehead atoms. The van der Waals surface area contributed by atoms with Gasteiger partial charge in [-0.2, -0.15) is 0 Å². The molecule has 3 heterocycles. The number of hydrogen-bond acceptors (Lipinski definition) is 5. The van der Waals surface area contributed by atoms with Gasteiger partial charge in [0.1, 0.15) is 5.69 Å². The predicted molar refractivity (Wildman–Crippen MR) is 85.7 cm³/mol. The highest BCUT2D eigenvalue weighted by molar-refractivity contribution is 5.93. The zero-order chi connectivity index (χ0) is 16.7. The second-order valence-electron chi connectivity index (χ2n) is 6.78. The van der Waals surface area contributed by atoms with Crippen LogP contribution in [0.25, 0.3) is 0 Å². The lowest BCUT2D eigenvalue weighted by Gasteiger charge is -2.31. The molecule has 1 saturated heterocycles. The van der Waals surface area contributed by atoms with Crippen molar-refractivity contribution in [2.45, 2.75) is 44.8 Å². The SMILES string of the molecule is CC(C)c1nnc(C2CN(C(=O)c3cccn3C3CC3)CCO2)o1. The molecule has 24 heavy (non-hydrogen) atoms. The number of morpholine rings is 1. The molecule has 2 fully saturated rings. The fraction of sp³-hybridized carbons (Fsp3) is 0.588. The number of carbonyl (C=O) groups is 1. The molecule has 2 aromatic rings. The van der Waals surface area contributed by atoms with Crippen LogP contribution in [-0.2, 0) is 4.74 Å². The molecule has 7 heteroatoms. The molecular weight excluding hydrogens is 308 g/mol. The van der Waals surface area contributed by atoms with Gasteiger partial charge < -0.3 is 18.6 Å². The van der Waals surface area contributed by atoms with Crippen molar-refractivity contribution in [2.75, 3.05) is 19.7 Å². The zero-order valence-corrected chi connectivity index (χ0v) is 14.0. The van der Waals surface area contributed by atoms with E-state index in [2.05, 4.69) is 14.8 Å². The van der Waals surface area contributed by atoms with Crippen molar-refractivity contribution in [3.63, 3.8) is 0 Å². The summed E-state index contributed by atoms with van der Waals surface area (Å²) >= 11 is 0. The smallest absolute Gasteiger partial charge is 0.270 e. The first-order chi connectivity index (χ1) is 11.6. The summed E-state index contributed by atoms with van der Waals surface area (Å²) in [5.74, 6) is 1.27. The van der Waals surface area contributed by atoms with Crippen LogP contribution in [0.5, 0.6) is 0 Å². The van der Waals surface area contributed by atoms with Gasteiger partial charge in [0.15, 0.2) is 6.10 Å². The molecular formula is C17H22N4O3. The van der Waals surface area contributed by atoms with Crippen molar-refractivity contribution in [3.8, 4) is 0 Å². The monoisotopic (exact) mass is 330 g/mol. The quantitative estimate of drug-likeness (QED) is 0.861. The summed E-state index contributed by atoms with van der Waals surface area (Å²) < 4.78 is 13.5. The number of rotatable bonds is 4. The van der Waals surface area contributed by atoms with Gasteiger partial charge in [-0.15, -0.1) is 10.2 Å². The summed E-state index contributed by atoms with van der Waals surface area (Å²) in [7, 11) is 0. The first-order valence-electron chi connectivity index (χ1n) is 8.54. The Morgan fingerprint density at radius 1 is 1.33 bits per heavy atom. The van der Waals surface area contributed by atoms with Crippen LogP contribution in [0, 0.1) is 0 Å². The summed E-state index contributed by atoms with van der Waals surface area (Å²) in [5, 5.41) is 8.14. The number of hydrogen-bond donors (Lipinski definition) is 0. The highest BCUT2D eigenvalue weighted by Crippen LogP contribution is 2.36. The fourth-order valence-corrected chi connectivity index (χ4v) is 3.00. The van der Waals surface area contributed by atoms with Gasteiger partial charge in [-0.25, -0.2) is 0 Å². The summed E-state index contributed by atoms with van der Waals surface area (Å²) in [6.07, 6.45) is 3.95. The average Bonchev–Trinajstić information content (AvgIpc) is 3.13. The van der Waals surface area contributed by atoms with Gasteiger partial charge >= 0.3 is 0 Å².